The number of nitrogens with one attached hydrogen (secondary N) is 1. The predicted molar refractivity (Wildman–Crippen MR) is 73.0 cm³/mol. The van der Waals surface area contributed by atoms with Crippen LogP contribution in [0, 0.1) is 5.92 Å². The van der Waals surface area contributed by atoms with Crippen molar-refractivity contribution in [2.45, 2.75) is 38.6 Å². The van der Waals surface area contributed by atoms with Gasteiger partial charge >= 0.3 is 0 Å². The zero-order chi connectivity index (χ0) is 14.7. The molecule has 1 saturated heterocycles. The Balaban J connectivity index is 2.01. The van der Waals surface area contributed by atoms with Crippen LogP contribution in [0.1, 0.15) is 32.1 Å². The summed E-state index contributed by atoms with van der Waals surface area (Å²) in [7, 11) is 0. The van der Waals surface area contributed by atoms with E-state index in [1.54, 1.807) is 12.1 Å². The molecule has 2 heterocycles. The molecule has 1 aliphatic heterocycles. The molecule has 1 amide bonds. The molecule has 1 aliphatic rings. The largest absolute Gasteiger partial charge is 0.393 e. The zero-order valence-corrected chi connectivity index (χ0v) is 11.6. The van der Waals surface area contributed by atoms with Gasteiger partial charge in [-0.15, -0.1) is 0 Å². The Bertz CT molecular complexity index is 470. The van der Waals surface area contributed by atoms with Gasteiger partial charge in [-0.1, -0.05) is 6.92 Å². The molecule has 0 bridgehead atoms. The SMILES string of the molecule is CC1CC(C(=O)Nc2ccnc(C(O)CO)c2)OC1C. The lowest BCUT2D eigenvalue weighted by atomic mass is 10.0. The summed E-state index contributed by atoms with van der Waals surface area (Å²) in [5.41, 5.74) is 0.850. The number of aliphatic hydroxyl groups excluding tert-OH is 2. The van der Waals surface area contributed by atoms with Gasteiger partial charge in [-0.05, 0) is 31.4 Å². The predicted octanol–water partition coefficient (Wildman–Crippen LogP) is 0.859. The first kappa shape index (κ1) is 14.9. The van der Waals surface area contributed by atoms with Crippen molar-refractivity contribution in [3.8, 4) is 0 Å². The molecule has 0 spiro atoms. The first-order valence-electron chi connectivity index (χ1n) is 6.72. The Morgan fingerprint density at radius 3 is 2.95 bits per heavy atom. The molecule has 0 radical (unpaired) electrons. The minimum Gasteiger partial charge on any atom is -0.393 e. The van der Waals surface area contributed by atoms with Crippen LogP contribution in [0.4, 0.5) is 5.69 Å². The first-order chi connectivity index (χ1) is 9.51. The van der Waals surface area contributed by atoms with Crippen LogP contribution < -0.4 is 5.32 Å². The maximum absolute atomic E-state index is 12.1. The number of hydrogen-bond acceptors (Lipinski definition) is 5. The summed E-state index contributed by atoms with van der Waals surface area (Å²) in [6.45, 7) is 3.60. The van der Waals surface area contributed by atoms with Gasteiger partial charge in [0.1, 0.15) is 12.2 Å². The van der Waals surface area contributed by atoms with Crippen molar-refractivity contribution in [1.82, 2.24) is 4.98 Å². The van der Waals surface area contributed by atoms with Crippen molar-refractivity contribution in [2.24, 2.45) is 5.92 Å². The van der Waals surface area contributed by atoms with Crippen LogP contribution in [0.2, 0.25) is 0 Å². The van der Waals surface area contributed by atoms with Gasteiger partial charge in [-0.25, -0.2) is 0 Å². The Kier molecular flexibility index (Phi) is 4.69. The first-order valence-corrected chi connectivity index (χ1v) is 6.72. The van der Waals surface area contributed by atoms with Crippen LogP contribution in [-0.4, -0.2) is 39.9 Å². The van der Waals surface area contributed by atoms with Gasteiger partial charge in [0.05, 0.1) is 18.4 Å². The fraction of sp³-hybridized carbons (Fsp3) is 0.571. The normalized spacial score (nSPS) is 27.3. The van der Waals surface area contributed by atoms with E-state index >= 15 is 0 Å². The van der Waals surface area contributed by atoms with Crippen LogP contribution in [0.3, 0.4) is 0 Å². The van der Waals surface area contributed by atoms with E-state index in [4.69, 9.17) is 9.84 Å². The van der Waals surface area contributed by atoms with Gasteiger partial charge < -0.3 is 20.3 Å². The summed E-state index contributed by atoms with van der Waals surface area (Å²) in [5.74, 6) is 0.159. The van der Waals surface area contributed by atoms with Crippen molar-refractivity contribution in [3.63, 3.8) is 0 Å². The van der Waals surface area contributed by atoms with E-state index in [9.17, 15) is 9.90 Å². The van der Waals surface area contributed by atoms with E-state index in [-0.39, 0.29) is 12.0 Å². The molecular formula is C14H20N2O4. The van der Waals surface area contributed by atoms with Gasteiger partial charge in [0, 0.05) is 11.9 Å². The molecule has 110 valence electrons. The average molecular weight is 280 g/mol. The molecule has 2 rings (SSSR count). The highest BCUT2D eigenvalue weighted by Gasteiger charge is 2.33. The van der Waals surface area contributed by atoms with E-state index in [1.165, 1.54) is 6.20 Å². The maximum atomic E-state index is 12.1. The van der Waals surface area contributed by atoms with Crippen molar-refractivity contribution in [2.75, 3.05) is 11.9 Å². The van der Waals surface area contributed by atoms with Crippen LogP contribution in [0.15, 0.2) is 18.3 Å². The lowest BCUT2D eigenvalue weighted by molar-refractivity contribution is -0.126. The lowest BCUT2D eigenvalue weighted by Gasteiger charge is -2.13. The molecule has 1 aromatic heterocycles. The molecule has 4 unspecified atom stereocenters. The quantitative estimate of drug-likeness (QED) is 0.761. The highest BCUT2D eigenvalue weighted by atomic mass is 16.5. The van der Waals surface area contributed by atoms with Crippen molar-refractivity contribution in [1.29, 1.82) is 0 Å². The molecule has 0 aliphatic carbocycles. The molecule has 20 heavy (non-hydrogen) atoms. The van der Waals surface area contributed by atoms with E-state index in [0.717, 1.165) is 0 Å². The monoisotopic (exact) mass is 280 g/mol. The van der Waals surface area contributed by atoms with Gasteiger partial charge in [0.2, 0.25) is 0 Å². The van der Waals surface area contributed by atoms with Gasteiger partial charge in [0.15, 0.2) is 0 Å². The number of ether oxygens (including phenoxy) is 1. The third kappa shape index (κ3) is 3.33. The minimum absolute atomic E-state index is 0.0787. The van der Waals surface area contributed by atoms with Crippen molar-refractivity contribution < 1.29 is 19.7 Å². The van der Waals surface area contributed by atoms with Crippen molar-refractivity contribution in [3.05, 3.63) is 24.0 Å². The second kappa shape index (κ2) is 6.30. The number of aromatic nitrogens is 1. The number of nitrogens with zero attached hydrogens (tertiary/aromatic N) is 1. The summed E-state index contributed by atoms with van der Waals surface area (Å²) in [5, 5.41) is 21.2. The smallest absolute Gasteiger partial charge is 0.253 e. The summed E-state index contributed by atoms with van der Waals surface area (Å²) in [6.07, 6.45) is 0.762. The number of aliphatic hydroxyl groups is 2. The maximum Gasteiger partial charge on any atom is 0.253 e. The van der Waals surface area contributed by atoms with Crippen LogP contribution >= 0.6 is 0 Å². The van der Waals surface area contributed by atoms with E-state index in [1.807, 2.05) is 6.92 Å². The summed E-state index contributed by atoms with van der Waals surface area (Å²) in [6, 6.07) is 3.17. The van der Waals surface area contributed by atoms with Crippen LogP contribution in [0.5, 0.6) is 0 Å². The number of hydrogen-bond donors (Lipinski definition) is 3. The van der Waals surface area contributed by atoms with Crippen LogP contribution in [0.25, 0.3) is 0 Å². The number of anilines is 1. The van der Waals surface area contributed by atoms with E-state index in [2.05, 4.69) is 17.2 Å². The van der Waals surface area contributed by atoms with E-state index in [0.29, 0.717) is 23.7 Å². The molecule has 6 nitrogen and oxygen atoms in total. The third-order valence-electron chi connectivity index (χ3n) is 3.62. The molecule has 3 N–H and O–H groups in total. The number of carbonyl (C=O) groups excluding carboxylic acids is 1. The van der Waals surface area contributed by atoms with Gasteiger partial charge in [-0.2, -0.15) is 0 Å². The summed E-state index contributed by atoms with van der Waals surface area (Å²) in [4.78, 5) is 16.0. The molecule has 4 atom stereocenters. The number of rotatable bonds is 4. The Labute approximate surface area is 117 Å². The molecule has 1 aromatic rings. The minimum atomic E-state index is -1.05. The Hall–Kier alpha value is -1.50. The van der Waals surface area contributed by atoms with Gasteiger partial charge in [-0.3, -0.25) is 9.78 Å². The molecule has 0 aromatic carbocycles. The lowest BCUT2D eigenvalue weighted by Crippen LogP contribution is -2.27. The number of pyridine rings is 1. The third-order valence-corrected chi connectivity index (χ3v) is 3.62. The highest BCUT2D eigenvalue weighted by molar-refractivity contribution is 5.94. The number of carbonyl (C=O) groups is 1. The fourth-order valence-electron chi connectivity index (χ4n) is 2.17. The molecule has 0 saturated carbocycles. The molecular weight excluding hydrogens is 260 g/mol. The highest BCUT2D eigenvalue weighted by Crippen LogP contribution is 2.26. The van der Waals surface area contributed by atoms with E-state index < -0.39 is 18.8 Å². The second-order valence-electron chi connectivity index (χ2n) is 5.20. The Morgan fingerprint density at radius 2 is 2.35 bits per heavy atom. The molecule has 1 fully saturated rings. The summed E-state index contributed by atoms with van der Waals surface area (Å²) < 4.78 is 5.59. The van der Waals surface area contributed by atoms with Crippen LogP contribution in [-0.2, 0) is 9.53 Å². The second-order valence-corrected chi connectivity index (χ2v) is 5.20. The standard InChI is InChI=1S/C14H20N2O4/c1-8-5-13(20-9(8)2)14(19)16-10-3-4-15-11(6-10)12(18)7-17/h3-4,6,8-9,12-13,17-18H,5,7H2,1-2H3,(H,15,16,19). The zero-order valence-electron chi connectivity index (χ0n) is 11.6. The van der Waals surface area contributed by atoms with Gasteiger partial charge in [0.25, 0.3) is 5.91 Å². The topological polar surface area (TPSA) is 91.7 Å². The Morgan fingerprint density at radius 1 is 1.60 bits per heavy atom. The molecule has 6 heteroatoms. The fourth-order valence-corrected chi connectivity index (χ4v) is 2.17. The van der Waals surface area contributed by atoms with Crippen molar-refractivity contribution >= 4 is 11.6 Å². The summed E-state index contributed by atoms with van der Waals surface area (Å²) >= 11 is 0. The number of amides is 1. The average Bonchev–Trinajstić information content (AvgIpc) is 2.78.